The van der Waals surface area contributed by atoms with Gasteiger partial charge >= 0.3 is 0 Å². The number of quaternary nitrogens is 2. The number of nitrogens with one attached hydrogen (secondary N) is 1. The Balaban J connectivity index is 1.53. The monoisotopic (exact) mass is 246 g/mol. The molecule has 0 aliphatic carbocycles. The first-order valence-electron chi connectivity index (χ1n) is 7.54. The summed E-state index contributed by atoms with van der Waals surface area (Å²) < 4.78 is 0. The zero-order valence-electron chi connectivity index (χ0n) is 11.4. The zero-order valence-corrected chi connectivity index (χ0v) is 11.4. The van der Waals surface area contributed by atoms with Crippen molar-refractivity contribution in [1.29, 1.82) is 0 Å². The molecule has 2 nitrogen and oxygen atoms in total. The second-order valence-corrected chi connectivity index (χ2v) is 6.31. The topological polar surface area (TPSA) is 21.1 Å². The number of nitrogens with two attached hydrogens (primary N) is 1. The van der Waals surface area contributed by atoms with Crippen molar-refractivity contribution >= 4 is 0 Å². The van der Waals surface area contributed by atoms with Crippen LogP contribution in [0.3, 0.4) is 0 Å². The first-order chi connectivity index (χ1) is 8.81. The number of hydrogen-bond acceptors (Lipinski definition) is 0. The summed E-state index contributed by atoms with van der Waals surface area (Å²) in [5.74, 6) is 1.00. The molecule has 2 atom stereocenters. The average molecular weight is 246 g/mol. The predicted molar refractivity (Wildman–Crippen MR) is 73.6 cm³/mol. The third-order valence-corrected chi connectivity index (χ3v) is 4.84. The van der Waals surface area contributed by atoms with Crippen molar-refractivity contribution in [2.45, 2.75) is 38.3 Å². The number of rotatable bonds is 4. The van der Waals surface area contributed by atoms with Crippen LogP contribution in [0.25, 0.3) is 0 Å². The molecule has 2 heteroatoms. The lowest BCUT2D eigenvalue weighted by atomic mass is 9.83. The lowest BCUT2D eigenvalue weighted by molar-refractivity contribution is -0.944. The van der Waals surface area contributed by atoms with Crippen LogP contribution in [0.2, 0.25) is 0 Å². The number of hydrogen-bond donors (Lipinski definition) is 2. The Morgan fingerprint density at radius 2 is 1.94 bits per heavy atom. The molecule has 0 unspecified atom stereocenters. The van der Waals surface area contributed by atoms with Crippen LogP contribution in [-0.2, 0) is 6.42 Å². The highest BCUT2D eigenvalue weighted by atomic mass is 15.2. The van der Waals surface area contributed by atoms with Gasteiger partial charge in [0, 0.05) is 25.2 Å². The molecule has 3 saturated heterocycles. The zero-order chi connectivity index (χ0) is 12.4. The first-order valence-corrected chi connectivity index (χ1v) is 7.54. The molecule has 0 amide bonds. The van der Waals surface area contributed by atoms with Gasteiger partial charge in [-0.2, -0.15) is 0 Å². The molecule has 3 heterocycles. The summed E-state index contributed by atoms with van der Waals surface area (Å²) in [6.07, 6.45) is 4.14. The Morgan fingerprint density at radius 3 is 2.56 bits per heavy atom. The van der Waals surface area contributed by atoms with Crippen LogP contribution in [0.1, 0.15) is 25.3 Å². The molecule has 0 aromatic heterocycles. The van der Waals surface area contributed by atoms with Crippen LogP contribution in [0.15, 0.2) is 30.3 Å². The highest BCUT2D eigenvalue weighted by molar-refractivity contribution is 5.15. The average Bonchev–Trinajstić information content (AvgIpc) is 2.41. The molecule has 1 aromatic rings. The van der Waals surface area contributed by atoms with E-state index < -0.39 is 0 Å². The minimum Gasteiger partial charge on any atom is -0.336 e. The van der Waals surface area contributed by atoms with Gasteiger partial charge in [-0.3, -0.25) is 0 Å². The maximum Gasteiger partial charge on any atom is 0.139 e. The first kappa shape index (κ1) is 12.2. The Labute approximate surface area is 110 Å². The summed E-state index contributed by atoms with van der Waals surface area (Å²) in [6, 6.07) is 12.5. The van der Waals surface area contributed by atoms with Gasteiger partial charge in [-0.1, -0.05) is 30.3 Å². The van der Waals surface area contributed by atoms with Crippen LogP contribution < -0.4 is 10.2 Å². The van der Waals surface area contributed by atoms with Crippen LogP contribution in [-0.4, -0.2) is 31.7 Å². The number of benzene rings is 1. The van der Waals surface area contributed by atoms with Gasteiger partial charge in [0.05, 0.1) is 19.1 Å². The highest BCUT2D eigenvalue weighted by Gasteiger charge is 2.40. The molecule has 4 rings (SSSR count). The van der Waals surface area contributed by atoms with Crippen molar-refractivity contribution in [1.82, 2.24) is 0 Å². The van der Waals surface area contributed by atoms with Gasteiger partial charge in [-0.15, -0.1) is 0 Å². The molecule has 0 spiro atoms. The molecule has 3 aliphatic rings. The summed E-state index contributed by atoms with van der Waals surface area (Å²) in [5.41, 5.74) is 1.48. The van der Waals surface area contributed by atoms with E-state index in [1.165, 1.54) is 44.5 Å². The number of fused-ring (bicyclic) bond motifs is 3. The molecule has 1 aromatic carbocycles. The van der Waals surface area contributed by atoms with Crippen LogP contribution in [0, 0.1) is 5.92 Å². The predicted octanol–water partition coefficient (Wildman–Crippen LogP) is -0.142. The van der Waals surface area contributed by atoms with Crippen LogP contribution in [0.5, 0.6) is 0 Å². The van der Waals surface area contributed by atoms with E-state index in [0.717, 1.165) is 18.0 Å². The Morgan fingerprint density at radius 1 is 1.22 bits per heavy atom. The second kappa shape index (κ2) is 5.41. The summed E-state index contributed by atoms with van der Waals surface area (Å²) in [5, 5.41) is 2.66. The molecule has 18 heavy (non-hydrogen) atoms. The fourth-order valence-corrected chi connectivity index (χ4v) is 3.88. The molecule has 3 fully saturated rings. The molecular formula is C16H26N2+2. The molecule has 3 aliphatic heterocycles. The molecule has 3 N–H and O–H groups in total. The SMILES string of the molecule is C[C@@H](Cc1ccccc1)[NH2+][C@H]1C[NH+]2CCC1CC2. The molecule has 0 radical (unpaired) electrons. The van der Waals surface area contributed by atoms with Gasteiger partial charge in [-0.05, 0) is 12.5 Å². The minimum atomic E-state index is 0.720. The Kier molecular flexibility index (Phi) is 3.67. The fraction of sp³-hybridized carbons (Fsp3) is 0.625. The van der Waals surface area contributed by atoms with Gasteiger partial charge in [0.15, 0.2) is 0 Å². The van der Waals surface area contributed by atoms with Gasteiger partial charge in [0.25, 0.3) is 0 Å². The normalized spacial score (nSPS) is 32.4. The molecule has 2 bridgehead atoms. The van der Waals surface area contributed by atoms with Crippen molar-refractivity contribution < 1.29 is 10.2 Å². The standard InChI is InChI=1S/C16H24N2/c1-13(11-14-5-3-2-4-6-14)17-16-12-18-9-7-15(16)8-10-18/h2-6,13,15-17H,7-12H2,1H3/p+2/t13-,16-/m0/s1. The Bertz CT molecular complexity index is 368. The van der Waals surface area contributed by atoms with Gasteiger partial charge in [-0.25, -0.2) is 0 Å². The summed E-state index contributed by atoms with van der Waals surface area (Å²) >= 11 is 0. The molecule has 98 valence electrons. The van der Waals surface area contributed by atoms with E-state index >= 15 is 0 Å². The van der Waals surface area contributed by atoms with E-state index in [-0.39, 0.29) is 0 Å². The van der Waals surface area contributed by atoms with Crippen LogP contribution in [0.4, 0.5) is 0 Å². The highest BCUT2D eigenvalue weighted by Crippen LogP contribution is 2.15. The van der Waals surface area contributed by atoms with E-state index in [4.69, 9.17) is 0 Å². The fourth-order valence-electron chi connectivity index (χ4n) is 3.88. The van der Waals surface area contributed by atoms with E-state index in [2.05, 4.69) is 42.6 Å². The second-order valence-electron chi connectivity index (χ2n) is 6.31. The lowest BCUT2D eigenvalue weighted by Crippen LogP contribution is -3.21. The summed E-state index contributed by atoms with van der Waals surface area (Å²) in [4.78, 5) is 1.85. The minimum absolute atomic E-state index is 0.720. The third kappa shape index (κ3) is 2.76. The largest absolute Gasteiger partial charge is 0.336 e. The van der Waals surface area contributed by atoms with Gasteiger partial charge < -0.3 is 10.2 Å². The lowest BCUT2D eigenvalue weighted by Gasteiger charge is -2.40. The van der Waals surface area contributed by atoms with Crippen molar-refractivity contribution in [3.8, 4) is 0 Å². The molecule has 0 saturated carbocycles. The van der Waals surface area contributed by atoms with Gasteiger partial charge in [0.2, 0.25) is 0 Å². The maximum atomic E-state index is 2.66. The summed E-state index contributed by atoms with van der Waals surface area (Å²) in [7, 11) is 0. The van der Waals surface area contributed by atoms with E-state index in [1.807, 2.05) is 4.90 Å². The van der Waals surface area contributed by atoms with Crippen molar-refractivity contribution in [3.63, 3.8) is 0 Å². The van der Waals surface area contributed by atoms with E-state index in [9.17, 15) is 0 Å². The summed E-state index contributed by atoms with van der Waals surface area (Å²) in [6.45, 7) is 6.66. The van der Waals surface area contributed by atoms with E-state index in [1.54, 1.807) is 0 Å². The Hall–Kier alpha value is -0.860. The van der Waals surface area contributed by atoms with E-state index in [0.29, 0.717) is 0 Å². The van der Waals surface area contributed by atoms with Crippen LogP contribution >= 0.6 is 0 Å². The van der Waals surface area contributed by atoms with Crippen molar-refractivity contribution in [2.24, 2.45) is 5.92 Å². The smallest absolute Gasteiger partial charge is 0.139 e. The number of piperidine rings is 3. The van der Waals surface area contributed by atoms with Crippen molar-refractivity contribution in [2.75, 3.05) is 19.6 Å². The third-order valence-electron chi connectivity index (χ3n) is 4.84. The maximum absolute atomic E-state index is 2.66. The quantitative estimate of drug-likeness (QED) is 0.738. The van der Waals surface area contributed by atoms with Gasteiger partial charge in [0.1, 0.15) is 12.6 Å². The molecular weight excluding hydrogens is 220 g/mol. The van der Waals surface area contributed by atoms with Crippen molar-refractivity contribution in [3.05, 3.63) is 35.9 Å².